The second-order valence-electron chi connectivity index (χ2n) is 5.77. The Hall–Kier alpha value is -0.0800. The molecule has 2 aromatic rings. The van der Waals surface area contributed by atoms with Crippen molar-refractivity contribution in [3.63, 3.8) is 0 Å². The van der Waals surface area contributed by atoms with Crippen molar-refractivity contribution >= 4 is 12.2 Å². The minimum atomic E-state index is 0. The van der Waals surface area contributed by atoms with Crippen LogP contribution in [0.1, 0.15) is 46.9 Å². The molecular formula is C20H18Na2+2. The molecule has 0 spiro atoms. The quantitative estimate of drug-likeness (QED) is 0.664. The molecule has 2 unspecified atom stereocenters. The summed E-state index contributed by atoms with van der Waals surface area (Å²) in [5, 5.41) is 0. The van der Waals surface area contributed by atoms with Crippen LogP contribution in [0.3, 0.4) is 0 Å². The predicted molar refractivity (Wildman–Crippen MR) is 85.7 cm³/mol. The summed E-state index contributed by atoms with van der Waals surface area (Å²) in [6.07, 6.45) is 11.8. The summed E-state index contributed by atoms with van der Waals surface area (Å²) in [6.45, 7) is 0. The van der Waals surface area contributed by atoms with Crippen LogP contribution in [0.5, 0.6) is 0 Å². The maximum absolute atomic E-state index is 2.37. The van der Waals surface area contributed by atoms with Crippen molar-refractivity contribution in [1.82, 2.24) is 0 Å². The van der Waals surface area contributed by atoms with Crippen molar-refractivity contribution in [2.24, 2.45) is 0 Å². The number of fused-ring (bicyclic) bond motifs is 2. The number of hydrogen-bond acceptors (Lipinski definition) is 0. The summed E-state index contributed by atoms with van der Waals surface area (Å²) in [6, 6.07) is 17.6. The van der Waals surface area contributed by atoms with Gasteiger partial charge in [0, 0.05) is 11.8 Å². The molecular weight excluding hydrogens is 286 g/mol. The molecule has 0 amide bonds. The van der Waals surface area contributed by atoms with Crippen LogP contribution in [-0.2, 0) is 0 Å². The summed E-state index contributed by atoms with van der Waals surface area (Å²) in [5.74, 6) is 1.21. The van der Waals surface area contributed by atoms with Gasteiger partial charge in [0.25, 0.3) is 0 Å². The number of rotatable bonds is 3. The summed E-state index contributed by atoms with van der Waals surface area (Å²) >= 11 is 0. The molecule has 0 aliphatic heterocycles. The van der Waals surface area contributed by atoms with Gasteiger partial charge in [-0.05, 0) is 35.1 Å². The van der Waals surface area contributed by atoms with E-state index in [9.17, 15) is 0 Å². The molecule has 0 saturated heterocycles. The van der Waals surface area contributed by atoms with Crippen LogP contribution in [0.15, 0.2) is 60.7 Å². The fourth-order valence-corrected chi connectivity index (χ4v) is 3.51. The molecule has 2 aliphatic rings. The number of allylic oxidation sites excluding steroid dienone is 2. The van der Waals surface area contributed by atoms with Crippen molar-refractivity contribution < 1.29 is 59.1 Å². The van der Waals surface area contributed by atoms with Gasteiger partial charge in [-0.1, -0.05) is 72.8 Å². The smallest absolute Gasteiger partial charge is 0.0764 e. The van der Waals surface area contributed by atoms with Gasteiger partial charge in [-0.25, -0.2) is 0 Å². The molecule has 2 atom stereocenters. The van der Waals surface area contributed by atoms with E-state index in [-0.39, 0.29) is 59.1 Å². The summed E-state index contributed by atoms with van der Waals surface area (Å²) in [4.78, 5) is 0. The first-order valence-corrected chi connectivity index (χ1v) is 7.46. The predicted octanol–water partition coefficient (Wildman–Crippen LogP) is -0.604. The van der Waals surface area contributed by atoms with Gasteiger partial charge >= 0.3 is 59.1 Å². The standard InChI is InChI=1S/C20H18.2Na/c1-3-7-19-15(5-1)9-11-17(19)13-14-18-12-10-16-6-2-4-8-20(16)18;;/h1-12,17-18H,13-14H2;;/q;2*+1. The van der Waals surface area contributed by atoms with Crippen LogP contribution in [0.25, 0.3) is 12.2 Å². The second kappa shape index (κ2) is 8.15. The zero-order valence-electron chi connectivity index (χ0n) is 13.5. The fraction of sp³-hybridized carbons (Fsp3) is 0.200. The number of benzene rings is 2. The second-order valence-corrected chi connectivity index (χ2v) is 5.77. The van der Waals surface area contributed by atoms with Gasteiger partial charge in [0.1, 0.15) is 0 Å². The average molecular weight is 304 g/mol. The molecule has 0 heterocycles. The van der Waals surface area contributed by atoms with Crippen molar-refractivity contribution in [3.8, 4) is 0 Å². The third-order valence-electron chi connectivity index (χ3n) is 4.60. The molecule has 4 rings (SSSR count). The van der Waals surface area contributed by atoms with E-state index in [0.717, 1.165) is 0 Å². The van der Waals surface area contributed by atoms with E-state index in [4.69, 9.17) is 0 Å². The third kappa shape index (κ3) is 3.53. The first-order chi connectivity index (χ1) is 9.92. The monoisotopic (exact) mass is 304 g/mol. The van der Waals surface area contributed by atoms with Crippen LogP contribution in [0.2, 0.25) is 0 Å². The molecule has 0 radical (unpaired) electrons. The largest absolute Gasteiger partial charge is 1.00 e. The first-order valence-electron chi connectivity index (χ1n) is 7.46. The van der Waals surface area contributed by atoms with Gasteiger partial charge in [-0.2, -0.15) is 0 Å². The molecule has 0 nitrogen and oxygen atoms in total. The van der Waals surface area contributed by atoms with Crippen molar-refractivity contribution in [1.29, 1.82) is 0 Å². The summed E-state index contributed by atoms with van der Waals surface area (Å²) < 4.78 is 0. The van der Waals surface area contributed by atoms with E-state index >= 15 is 0 Å². The molecule has 2 aromatic carbocycles. The van der Waals surface area contributed by atoms with Crippen LogP contribution in [0, 0.1) is 0 Å². The van der Waals surface area contributed by atoms with Gasteiger partial charge in [0.2, 0.25) is 0 Å². The van der Waals surface area contributed by atoms with Crippen LogP contribution >= 0.6 is 0 Å². The van der Waals surface area contributed by atoms with E-state index < -0.39 is 0 Å². The minimum absolute atomic E-state index is 0. The minimum Gasteiger partial charge on any atom is -0.0764 e. The van der Waals surface area contributed by atoms with Crippen molar-refractivity contribution in [2.45, 2.75) is 24.7 Å². The molecule has 0 N–H and O–H groups in total. The molecule has 0 saturated carbocycles. The zero-order valence-corrected chi connectivity index (χ0v) is 17.5. The number of hydrogen-bond donors (Lipinski definition) is 0. The van der Waals surface area contributed by atoms with E-state index in [0.29, 0.717) is 11.8 Å². The van der Waals surface area contributed by atoms with Gasteiger partial charge in [0.15, 0.2) is 0 Å². The van der Waals surface area contributed by atoms with E-state index in [1.54, 1.807) is 0 Å². The molecule has 0 fully saturated rings. The van der Waals surface area contributed by atoms with E-state index in [1.807, 2.05) is 0 Å². The van der Waals surface area contributed by atoms with Crippen LogP contribution < -0.4 is 59.1 Å². The maximum Gasteiger partial charge on any atom is 1.00 e. The van der Waals surface area contributed by atoms with Gasteiger partial charge in [-0.15, -0.1) is 0 Å². The molecule has 0 aromatic heterocycles. The Morgan fingerprint density at radius 1 is 0.591 bits per heavy atom. The van der Waals surface area contributed by atoms with Gasteiger partial charge < -0.3 is 0 Å². The summed E-state index contributed by atoms with van der Waals surface area (Å²) in [7, 11) is 0. The molecule has 2 heteroatoms. The molecule has 0 bridgehead atoms. The Morgan fingerprint density at radius 3 is 1.45 bits per heavy atom. The van der Waals surface area contributed by atoms with Gasteiger partial charge in [-0.3, -0.25) is 0 Å². The van der Waals surface area contributed by atoms with Crippen molar-refractivity contribution in [3.05, 3.63) is 82.9 Å². The van der Waals surface area contributed by atoms with E-state index in [2.05, 4.69) is 72.8 Å². The zero-order chi connectivity index (χ0) is 13.4. The normalized spacial score (nSPS) is 20.0. The van der Waals surface area contributed by atoms with Crippen LogP contribution in [-0.4, -0.2) is 0 Å². The Morgan fingerprint density at radius 2 is 1.00 bits per heavy atom. The molecule has 2 aliphatic carbocycles. The van der Waals surface area contributed by atoms with Crippen LogP contribution in [0.4, 0.5) is 0 Å². The van der Waals surface area contributed by atoms with Gasteiger partial charge in [0.05, 0.1) is 0 Å². The Kier molecular flexibility index (Phi) is 6.76. The Bertz CT molecular complexity index is 639. The summed E-state index contributed by atoms with van der Waals surface area (Å²) in [5.41, 5.74) is 5.81. The third-order valence-corrected chi connectivity index (χ3v) is 4.60. The van der Waals surface area contributed by atoms with Crippen molar-refractivity contribution in [2.75, 3.05) is 0 Å². The average Bonchev–Trinajstić information content (AvgIpc) is 3.09. The Balaban J connectivity index is 0.000000882. The maximum atomic E-state index is 2.37. The fourth-order valence-electron chi connectivity index (χ4n) is 3.51. The van der Waals surface area contributed by atoms with E-state index in [1.165, 1.54) is 35.1 Å². The SMILES string of the molecule is C1=CC(CCC2C=Cc3ccccc32)c2ccccc21.[Na+].[Na+]. The topological polar surface area (TPSA) is 0 Å². The molecule has 22 heavy (non-hydrogen) atoms. The first kappa shape index (κ1) is 18.3. The molecule has 98 valence electrons. The Labute approximate surface area is 177 Å².